The Kier molecular flexibility index (Phi) is 12.5. The average Bonchev–Trinajstić information content (AvgIpc) is 2.93. The van der Waals surface area contributed by atoms with Crippen molar-refractivity contribution in [2.24, 2.45) is 10.9 Å². The standard InChI is InChI=1S/C28H50BN3O2/c1-2-3-21-32(22-20-29-23-14-10-6-4-7-11-15-23)27(33)19-18-26-30-25-17-13-9-5-8-12-16-24(25)28(34)31-26/h23-25,29H,2-22H2,1H3,(H,30,31,34). The van der Waals surface area contributed by atoms with Gasteiger partial charge in [0.2, 0.25) is 11.8 Å². The number of hydrogen-bond donors (Lipinski definition) is 1. The minimum absolute atomic E-state index is 0.0342. The number of carbonyl (C=O) groups excluding carboxylic acids is 2. The second-order valence-electron chi connectivity index (χ2n) is 11.2. The molecule has 3 aliphatic rings. The summed E-state index contributed by atoms with van der Waals surface area (Å²) in [5, 5.41) is 3.06. The molecule has 2 amide bonds. The Morgan fingerprint density at radius 1 is 0.941 bits per heavy atom. The molecular weight excluding hydrogens is 421 g/mol. The van der Waals surface area contributed by atoms with Crippen LogP contribution >= 0.6 is 0 Å². The smallest absolute Gasteiger partial charge is 0.230 e. The molecule has 34 heavy (non-hydrogen) atoms. The molecule has 0 spiro atoms. The van der Waals surface area contributed by atoms with Crippen LogP contribution in [0.5, 0.6) is 0 Å². The number of nitrogens with zero attached hydrogens (tertiary/aromatic N) is 2. The molecule has 2 aliphatic carbocycles. The molecule has 0 aromatic carbocycles. The second-order valence-corrected chi connectivity index (χ2v) is 11.2. The lowest BCUT2D eigenvalue weighted by Gasteiger charge is -2.29. The van der Waals surface area contributed by atoms with Gasteiger partial charge in [-0.3, -0.25) is 14.6 Å². The lowest BCUT2D eigenvalue weighted by molar-refractivity contribution is -0.131. The van der Waals surface area contributed by atoms with Crippen molar-refractivity contribution in [2.75, 3.05) is 13.1 Å². The van der Waals surface area contributed by atoms with Crippen molar-refractivity contribution in [3.05, 3.63) is 0 Å². The van der Waals surface area contributed by atoms with Crippen LogP contribution in [-0.4, -0.2) is 49.0 Å². The van der Waals surface area contributed by atoms with Gasteiger partial charge in [-0.05, 0) is 19.3 Å². The summed E-state index contributed by atoms with van der Waals surface area (Å²) in [6.07, 6.45) is 22.1. The number of hydrogen-bond acceptors (Lipinski definition) is 3. The van der Waals surface area contributed by atoms with Crippen LogP contribution in [0.1, 0.15) is 122 Å². The monoisotopic (exact) mass is 471 g/mol. The number of carbonyl (C=O) groups is 2. The van der Waals surface area contributed by atoms with Crippen LogP contribution in [0.2, 0.25) is 12.1 Å². The van der Waals surface area contributed by atoms with Gasteiger partial charge >= 0.3 is 0 Å². The number of amides is 2. The van der Waals surface area contributed by atoms with Crippen molar-refractivity contribution in [2.45, 2.75) is 141 Å². The zero-order chi connectivity index (χ0) is 24.0. The quantitative estimate of drug-likeness (QED) is 0.395. The molecule has 0 radical (unpaired) electrons. The molecule has 2 atom stereocenters. The largest absolute Gasteiger partial charge is 0.343 e. The molecule has 5 nitrogen and oxygen atoms in total. The maximum atomic E-state index is 13.1. The van der Waals surface area contributed by atoms with Crippen molar-refractivity contribution in [3.63, 3.8) is 0 Å². The molecule has 1 N–H and O–H groups in total. The molecule has 3 rings (SSSR count). The van der Waals surface area contributed by atoms with Crippen molar-refractivity contribution >= 4 is 24.9 Å². The van der Waals surface area contributed by atoms with E-state index in [9.17, 15) is 9.59 Å². The fourth-order valence-electron chi connectivity index (χ4n) is 6.19. The number of unbranched alkanes of at least 4 members (excludes halogenated alkanes) is 1. The third kappa shape index (κ3) is 9.38. The van der Waals surface area contributed by atoms with Crippen molar-refractivity contribution in [1.29, 1.82) is 0 Å². The highest BCUT2D eigenvalue weighted by Gasteiger charge is 2.33. The van der Waals surface area contributed by atoms with Crippen LogP contribution in [0.3, 0.4) is 0 Å². The Morgan fingerprint density at radius 2 is 1.59 bits per heavy atom. The Labute approximate surface area is 209 Å². The predicted molar refractivity (Wildman–Crippen MR) is 144 cm³/mol. The second kappa shape index (κ2) is 15.6. The molecule has 192 valence electrons. The van der Waals surface area contributed by atoms with E-state index >= 15 is 0 Å². The molecule has 2 fully saturated rings. The molecule has 1 heterocycles. The van der Waals surface area contributed by atoms with Gasteiger partial charge in [0.05, 0.1) is 12.0 Å². The highest BCUT2D eigenvalue weighted by atomic mass is 16.2. The summed E-state index contributed by atoms with van der Waals surface area (Å²) >= 11 is 0. The average molecular weight is 472 g/mol. The van der Waals surface area contributed by atoms with Gasteiger partial charge in [0.15, 0.2) is 0 Å². The Morgan fingerprint density at radius 3 is 2.29 bits per heavy atom. The van der Waals surface area contributed by atoms with Crippen molar-refractivity contribution in [1.82, 2.24) is 10.2 Å². The first-order valence-corrected chi connectivity index (χ1v) is 14.8. The van der Waals surface area contributed by atoms with Gasteiger partial charge in [0.1, 0.15) is 13.1 Å². The Hall–Kier alpha value is -1.33. The summed E-state index contributed by atoms with van der Waals surface area (Å²) in [7, 11) is 1.27. The van der Waals surface area contributed by atoms with Crippen LogP contribution in [0.15, 0.2) is 4.99 Å². The van der Waals surface area contributed by atoms with E-state index in [1.165, 1.54) is 71.5 Å². The Bertz CT molecular complexity index is 646. The number of aliphatic imine (C=N–C) groups is 1. The lowest BCUT2D eigenvalue weighted by atomic mass is 9.58. The highest BCUT2D eigenvalue weighted by Crippen LogP contribution is 2.28. The predicted octanol–water partition coefficient (Wildman–Crippen LogP) is 6.04. The van der Waals surface area contributed by atoms with Gasteiger partial charge in [-0.15, -0.1) is 0 Å². The zero-order valence-corrected chi connectivity index (χ0v) is 22.0. The first kappa shape index (κ1) is 27.3. The highest BCUT2D eigenvalue weighted by molar-refractivity contribution is 6.37. The summed E-state index contributed by atoms with van der Waals surface area (Å²) in [6, 6.07) is 0.122. The van der Waals surface area contributed by atoms with Crippen LogP contribution in [0.25, 0.3) is 0 Å². The van der Waals surface area contributed by atoms with E-state index in [0.29, 0.717) is 12.8 Å². The van der Waals surface area contributed by atoms with Crippen molar-refractivity contribution < 1.29 is 9.59 Å². The SMILES string of the molecule is CCCCN(CCBC1CCCCCCC1)C(=O)CCC1=NC2CCCCCCCC2C(=O)N1. The van der Waals surface area contributed by atoms with E-state index in [2.05, 4.69) is 17.1 Å². The minimum Gasteiger partial charge on any atom is -0.343 e. The van der Waals surface area contributed by atoms with Gasteiger partial charge in [-0.25, -0.2) is 0 Å². The fourth-order valence-corrected chi connectivity index (χ4v) is 6.19. The van der Waals surface area contributed by atoms with E-state index in [-0.39, 0.29) is 23.8 Å². The Balaban J connectivity index is 1.48. The fraction of sp³-hybridized carbons (Fsp3) is 0.893. The summed E-state index contributed by atoms with van der Waals surface area (Å²) in [5.74, 6) is 2.03. The molecule has 0 saturated heterocycles. The van der Waals surface area contributed by atoms with E-state index < -0.39 is 0 Å². The molecule has 1 aliphatic heterocycles. The van der Waals surface area contributed by atoms with E-state index in [0.717, 1.165) is 69.6 Å². The van der Waals surface area contributed by atoms with Gasteiger partial charge in [-0.2, -0.15) is 0 Å². The van der Waals surface area contributed by atoms with Crippen molar-refractivity contribution in [3.8, 4) is 0 Å². The topological polar surface area (TPSA) is 61.8 Å². The molecule has 0 aromatic heterocycles. The van der Waals surface area contributed by atoms with E-state index in [1.54, 1.807) is 0 Å². The molecule has 6 heteroatoms. The first-order valence-electron chi connectivity index (χ1n) is 14.8. The van der Waals surface area contributed by atoms with Crippen LogP contribution < -0.4 is 5.32 Å². The molecule has 2 unspecified atom stereocenters. The van der Waals surface area contributed by atoms with E-state index in [1.807, 2.05) is 0 Å². The molecule has 0 bridgehead atoms. The molecular formula is C28H50BN3O2. The minimum atomic E-state index is 0.0342. The van der Waals surface area contributed by atoms with Gasteiger partial charge in [0, 0.05) is 25.9 Å². The summed E-state index contributed by atoms with van der Waals surface area (Å²) < 4.78 is 0. The summed E-state index contributed by atoms with van der Waals surface area (Å²) in [4.78, 5) is 33.0. The number of rotatable bonds is 10. The third-order valence-electron chi connectivity index (χ3n) is 8.38. The lowest BCUT2D eigenvalue weighted by Crippen LogP contribution is -2.46. The summed E-state index contributed by atoms with van der Waals surface area (Å²) in [6.45, 7) is 3.94. The molecule has 2 saturated carbocycles. The van der Waals surface area contributed by atoms with E-state index in [4.69, 9.17) is 4.99 Å². The van der Waals surface area contributed by atoms with Crippen LogP contribution in [0.4, 0.5) is 0 Å². The normalized spacial score (nSPS) is 24.9. The number of amidine groups is 1. The van der Waals surface area contributed by atoms with Crippen LogP contribution in [0, 0.1) is 5.92 Å². The maximum Gasteiger partial charge on any atom is 0.230 e. The third-order valence-corrected chi connectivity index (χ3v) is 8.38. The number of nitrogens with one attached hydrogen (secondary N) is 1. The molecule has 0 aromatic rings. The van der Waals surface area contributed by atoms with Gasteiger partial charge in [0.25, 0.3) is 0 Å². The van der Waals surface area contributed by atoms with Crippen LogP contribution in [-0.2, 0) is 9.59 Å². The van der Waals surface area contributed by atoms with Gasteiger partial charge < -0.3 is 10.2 Å². The zero-order valence-electron chi connectivity index (χ0n) is 22.0. The van der Waals surface area contributed by atoms with Gasteiger partial charge in [-0.1, -0.05) is 103 Å². The maximum absolute atomic E-state index is 13.1. The first-order chi connectivity index (χ1) is 16.7. The summed E-state index contributed by atoms with van der Waals surface area (Å²) in [5.41, 5.74) is 0. The number of fused-ring (bicyclic) bond motifs is 1.